The van der Waals surface area contributed by atoms with E-state index in [1.165, 1.54) is 10.9 Å². The fraction of sp³-hybridized carbons (Fsp3) is 0.375. The van der Waals surface area contributed by atoms with E-state index in [-0.39, 0.29) is 24.6 Å². The topological polar surface area (TPSA) is 126 Å². The number of carbonyl (C=O) groups is 1. The van der Waals surface area contributed by atoms with Crippen LogP contribution in [-0.4, -0.2) is 40.2 Å². The lowest BCUT2D eigenvalue weighted by Crippen LogP contribution is -2.14. The number of aromatic nitrogens is 6. The van der Waals surface area contributed by atoms with Gasteiger partial charge in [-0.05, 0) is 13.8 Å². The van der Waals surface area contributed by atoms with E-state index in [9.17, 15) is 14.9 Å². The SMILES string of the molecule is CCn1cc(Cn2cc(NC(=O)CCn3cc([N+](=O)[O-])c(C)n3)cn2)cn1. The maximum absolute atomic E-state index is 12.1. The van der Waals surface area contributed by atoms with Crippen LogP contribution in [0.2, 0.25) is 0 Å². The first-order valence-electron chi connectivity index (χ1n) is 8.46. The quantitative estimate of drug-likeness (QED) is 0.473. The molecule has 3 heterocycles. The van der Waals surface area contributed by atoms with Crippen molar-refractivity contribution in [3.8, 4) is 0 Å². The van der Waals surface area contributed by atoms with Crippen LogP contribution in [0.3, 0.4) is 0 Å². The molecule has 0 spiro atoms. The van der Waals surface area contributed by atoms with Gasteiger partial charge in [0.05, 0.1) is 29.5 Å². The molecule has 0 aliphatic carbocycles. The zero-order chi connectivity index (χ0) is 19.4. The van der Waals surface area contributed by atoms with E-state index < -0.39 is 4.92 Å². The van der Waals surface area contributed by atoms with E-state index in [0.29, 0.717) is 17.9 Å². The second-order valence-electron chi connectivity index (χ2n) is 6.05. The van der Waals surface area contributed by atoms with E-state index in [0.717, 1.165) is 12.1 Å². The van der Waals surface area contributed by atoms with Crippen LogP contribution in [0, 0.1) is 17.0 Å². The van der Waals surface area contributed by atoms with Gasteiger partial charge < -0.3 is 5.32 Å². The van der Waals surface area contributed by atoms with E-state index in [2.05, 4.69) is 20.6 Å². The fourth-order valence-electron chi connectivity index (χ4n) is 2.60. The number of nitrogens with zero attached hydrogens (tertiary/aromatic N) is 7. The Morgan fingerprint density at radius 2 is 1.96 bits per heavy atom. The first-order valence-corrected chi connectivity index (χ1v) is 8.46. The number of nitrogens with one attached hydrogen (secondary N) is 1. The van der Waals surface area contributed by atoms with Crippen LogP contribution in [0.25, 0.3) is 0 Å². The number of carbonyl (C=O) groups excluding carboxylic acids is 1. The zero-order valence-electron chi connectivity index (χ0n) is 15.1. The molecule has 0 aromatic carbocycles. The average molecular weight is 372 g/mol. The number of hydrogen-bond acceptors (Lipinski definition) is 6. The average Bonchev–Trinajstić information content (AvgIpc) is 3.34. The van der Waals surface area contributed by atoms with Crippen LogP contribution in [0.1, 0.15) is 24.6 Å². The highest BCUT2D eigenvalue weighted by molar-refractivity contribution is 5.90. The Labute approximate surface area is 154 Å². The minimum atomic E-state index is -0.489. The second-order valence-corrected chi connectivity index (χ2v) is 6.05. The Kier molecular flexibility index (Phi) is 5.29. The van der Waals surface area contributed by atoms with Gasteiger partial charge in [0, 0.05) is 37.5 Å². The molecule has 0 saturated carbocycles. The van der Waals surface area contributed by atoms with Gasteiger partial charge in [-0.15, -0.1) is 0 Å². The number of aryl methyl sites for hydroxylation is 3. The van der Waals surface area contributed by atoms with Crippen LogP contribution in [-0.2, 0) is 24.4 Å². The molecule has 3 rings (SSSR count). The van der Waals surface area contributed by atoms with Crippen molar-refractivity contribution >= 4 is 17.3 Å². The Bertz CT molecular complexity index is 955. The molecule has 0 aliphatic rings. The molecular formula is C16H20N8O3. The lowest BCUT2D eigenvalue weighted by atomic mass is 10.3. The van der Waals surface area contributed by atoms with Crippen molar-refractivity contribution in [3.63, 3.8) is 0 Å². The maximum Gasteiger partial charge on any atom is 0.309 e. The summed E-state index contributed by atoms with van der Waals surface area (Å²) in [7, 11) is 0. The molecule has 0 unspecified atom stereocenters. The molecule has 0 aliphatic heterocycles. The molecule has 1 N–H and O–H groups in total. The summed E-state index contributed by atoms with van der Waals surface area (Å²) in [4.78, 5) is 22.4. The molecule has 0 saturated heterocycles. The maximum atomic E-state index is 12.1. The first kappa shape index (κ1) is 18.3. The number of hydrogen-bond donors (Lipinski definition) is 1. The summed E-state index contributed by atoms with van der Waals surface area (Å²) in [6.45, 7) is 5.20. The molecule has 0 bridgehead atoms. The highest BCUT2D eigenvalue weighted by Crippen LogP contribution is 2.15. The van der Waals surface area contributed by atoms with E-state index in [4.69, 9.17) is 0 Å². The Hall–Kier alpha value is -3.50. The summed E-state index contributed by atoms with van der Waals surface area (Å²) in [5.41, 5.74) is 1.88. The van der Waals surface area contributed by atoms with E-state index >= 15 is 0 Å². The van der Waals surface area contributed by atoms with Gasteiger partial charge in [0.15, 0.2) is 0 Å². The third-order valence-electron chi connectivity index (χ3n) is 3.96. The van der Waals surface area contributed by atoms with Gasteiger partial charge in [-0.3, -0.25) is 29.0 Å². The summed E-state index contributed by atoms with van der Waals surface area (Å²) in [5.74, 6) is -0.218. The van der Waals surface area contributed by atoms with Crippen LogP contribution in [0.15, 0.2) is 31.0 Å². The molecule has 142 valence electrons. The normalized spacial score (nSPS) is 10.9. The van der Waals surface area contributed by atoms with Crippen LogP contribution < -0.4 is 5.32 Å². The largest absolute Gasteiger partial charge is 0.323 e. The lowest BCUT2D eigenvalue weighted by Gasteiger charge is -2.02. The molecule has 3 aromatic rings. The third-order valence-corrected chi connectivity index (χ3v) is 3.96. The molecule has 0 fully saturated rings. The minimum absolute atomic E-state index is 0.0527. The highest BCUT2D eigenvalue weighted by atomic mass is 16.6. The number of amides is 1. The number of anilines is 1. The number of rotatable bonds is 8. The molecule has 3 aromatic heterocycles. The Morgan fingerprint density at radius 1 is 1.19 bits per heavy atom. The minimum Gasteiger partial charge on any atom is -0.323 e. The standard InChI is InChI=1S/C16H20N8O3/c1-3-21-8-13(6-17-21)9-23-10-14(7-18-23)19-16(25)4-5-22-11-15(24(26)27)12(2)20-22/h6-8,10-11H,3-5,9H2,1-2H3,(H,19,25). The van der Waals surface area contributed by atoms with Crippen molar-refractivity contribution in [2.45, 2.75) is 39.9 Å². The third kappa shape index (κ3) is 4.57. The van der Waals surface area contributed by atoms with Crippen molar-refractivity contribution in [3.05, 3.63) is 52.4 Å². The van der Waals surface area contributed by atoms with Gasteiger partial charge in [-0.1, -0.05) is 0 Å². The summed E-state index contributed by atoms with van der Waals surface area (Å²) in [6.07, 6.45) is 8.53. The summed E-state index contributed by atoms with van der Waals surface area (Å²) >= 11 is 0. The summed E-state index contributed by atoms with van der Waals surface area (Å²) in [5, 5.41) is 26.1. The zero-order valence-corrected chi connectivity index (χ0v) is 15.1. The monoisotopic (exact) mass is 372 g/mol. The molecule has 27 heavy (non-hydrogen) atoms. The van der Waals surface area contributed by atoms with E-state index in [1.807, 2.05) is 17.8 Å². The van der Waals surface area contributed by atoms with Gasteiger partial charge in [0.1, 0.15) is 11.9 Å². The van der Waals surface area contributed by atoms with Gasteiger partial charge in [-0.25, -0.2) is 0 Å². The second kappa shape index (κ2) is 7.81. The van der Waals surface area contributed by atoms with Crippen molar-refractivity contribution in [1.29, 1.82) is 0 Å². The predicted octanol–water partition coefficient (Wildman–Crippen LogP) is 1.59. The Balaban J connectivity index is 1.51. The fourth-order valence-corrected chi connectivity index (χ4v) is 2.60. The molecule has 0 atom stereocenters. The van der Waals surface area contributed by atoms with Gasteiger partial charge in [0.2, 0.25) is 5.91 Å². The molecular weight excluding hydrogens is 352 g/mol. The van der Waals surface area contributed by atoms with Crippen molar-refractivity contribution < 1.29 is 9.72 Å². The summed E-state index contributed by atoms with van der Waals surface area (Å²) in [6, 6.07) is 0. The number of nitro groups is 1. The molecule has 11 nitrogen and oxygen atoms in total. The summed E-state index contributed by atoms with van der Waals surface area (Å²) < 4.78 is 4.96. The van der Waals surface area contributed by atoms with Crippen LogP contribution in [0.5, 0.6) is 0 Å². The van der Waals surface area contributed by atoms with Crippen LogP contribution >= 0.6 is 0 Å². The molecule has 0 radical (unpaired) electrons. The van der Waals surface area contributed by atoms with Crippen molar-refractivity contribution in [1.82, 2.24) is 29.3 Å². The van der Waals surface area contributed by atoms with Gasteiger partial charge >= 0.3 is 5.69 Å². The lowest BCUT2D eigenvalue weighted by molar-refractivity contribution is -0.385. The van der Waals surface area contributed by atoms with Crippen molar-refractivity contribution in [2.24, 2.45) is 0 Å². The Morgan fingerprint density at radius 3 is 2.63 bits per heavy atom. The van der Waals surface area contributed by atoms with Crippen molar-refractivity contribution in [2.75, 3.05) is 5.32 Å². The van der Waals surface area contributed by atoms with E-state index in [1.54, 1.807) is 30.2 Å². The van der Waals surface area contributed by atoms with Gasteiger partial charge in [0.25, 0.3) is 0 Å². The van der Waals surface area contributed by atoms with Gasteiger partial charge in [-0.2, -0.15) is 15.3 Å². The molecule has 11 heteroatoms. The highest BCUT2D eigenvalue weighted by Gasteiger charge is 2.15. The smallest absolute Gasteiger partial charge is 0.309 e. The molecule has 1 amide bonds. The first-order chi connectivity index (χ1) is 12.9. The van der Waals surface area contributed by atoms with Crippen LogP contribution in [0.4, 0.5) is 11.4 Å². The predicted molar refractivity (Wildman–Crippen MR) is 96.1 cm³/mol.